The van der Waals surface area contributed by atoms with E-state index in [-0.39, 0.29) is 23.7 Å². The van der Waals surface area contributed by atoms with Crippen molar-refractivity contribution < 1.29 is 9.53 Å². The summed E-state index contributed by atoms with van der Waals surface area (Å²) < 4.78 is 5.53. The van der Waals surface area contributed by atoms with Crippen LogP contribution in [0.5, 0.6) is 5.75 Å². The number of hydrogen-bond acceptors (Lipinski definition) is 3. The minimum atomic E-state index is -0.524. The van der Waals surface area contributed by atoms with Crippen molar-refractivity contribution in [2.75, 3.05) is 13.2 Å². The lowest BCUT2D eigenvalue weighted by molar-refractivity contribution is -0.124. The van der Waals surface area contributed by atoms with Crippen molar-refractivity contribution in [3.8, 4) is 5.75 Å². The second kappa shape index (κ2) is 9.46. The number of rotatable bonds is 6. The first-order chi connectivity index (χ1) is 9.71. The molecule has 0 heterocycles. The molecule has 0 aliphatic rings. The van der Waals surface area contributed by atoms with Gasteiger partial charge in [0.25, 0.3) is 0 Å². The third-order valence-electron chi connectivity index (χ3n) is 2.99. The summed E-state index contributed by atoms with van der Waals surface area (Å²) in [5.41, 5.74) is 5.61. The third kappa shape index (κ3) is 7.05. The van der Waals surface area contributed by atoms with Crippen molar-refractivity contribution in [2.45, 2.75) is 33.2 Å². The molecular weight excluding hydrogens is 347 g/mol. The van der Waals surface area contributed by atoms with Crippen LogP contribution in [0.4, 0.5) is 0 Å². The zero-order chi connectivity index (χ0) is 16.0. The molecule has 1 atom stereocenters. The Hall–Kier alpha value is -0.680. The predicted octanol–water partition coefficient (Wildman–Crippen LogP) is 3.67. The maximum atomic E-state index is 11.8. The van der Waals surface area contributed by atoms with Gasteiger partial charge in [-0.05, 0) is 30.0 Å². The lowest BCUT2D eigenvalue weighted by Gasteiger charge is -2.25. The van der Waals surface area contributed by atoms with Crippen molar-refractivity contribution in [2.24, 2.45) is 11.1 Å². The van der Waals surface area contributed by atoms with E-state index >= 15 is 0 Å². The van der Waals surface area contributed by atoms with Gasteiger partial charge in [0.05, 0.1) is 17.7 Å². The Kier molecular flexibility index (Phi) is 9.16. The highest BCUT2D eigenvalue weighted by Crippen LogP contribution is 2.27. The topological polar surface area (TPSA) is 64.4 Å². The van der Waals surface area contributed by atoms with E-state index in [1.54, 1.807) is 18.2 Å². The van der Waals surface area contributed by atoms with Crippen LogP contribution in [-0.4, -0.2) is 25.1 Å². The van der Waals surface area contributed by atoms with Crippen LogP contribution in [0.15, 0.2) is 18.2 Å². The predicted molar refractivity (Wildman–Crippen MR) is 94.3 cm³/mol. The number of halogens is 3. The molecule has 1 aromatic carbocycles. The maximum Gasteiger partial charge on any atom is 0.237 e. The fraction of sp³-hybridized carbons (Fsp3) is 0.533. The second-order valence-electron chi connectivity index (χ2n) is 5.91. The Morgan fingerprint density at radius 1 is 1.36 bits per heavy atom. The maximum absolute atomic E-state index is 11.8. The van der Waals surface area contributed by atoms with Gasteiger partial charge in [-0.2, -0.15) is 0 Å². The minimum absolute atomic E-state index is 0. The smallest absolute Gasteiger partial charge is 0.237 e. The van der Waals surface area contributed by atoms with Gasteiger partial charge in [-0.3, -0.25) is 4.79 Å². The van der Waals surface area contributed by atoms with Gasteiger partial charge in [0.2, 0.25) is 5.91 Å². The standard InChI is InChI=1S/C15H22Cl2N2O2.ClH/c1-15(2,3)13(18)14(20)19-7-4-8-21-12-6-5-10(16)9-11(12)17;/h5-6,9,13H,4,7-8,18H2,1-3H3,(H,19,20);1H/t13-;/m1./s1. The summed E-state index contributed by atoms with van der Waals surface area (Å²) in [6, 6.07) is 4.54. The van der Waals surface area contributed by atoms with Crippen LogP contribution in [0.2, 0.25) is 10.0 Å². The molecule has 0 aliphatic carbocycles. The average Bonchev–Trinajstić information content (AvgIpc) is 2.38. The lowest BCUT2D eigenvalue weighted by Crippen LogP contribution is -2.48. The van der Waals surface area contributed by atoms with Gasteiger partial charge in [-0.1, -0.05) is 44.0 Å². The quantitative estimate of drug-likeness (QED) is 0.752. The summed E-state index contributed by atoms with van der Waals surface area (Å²) in [5, 5.41) is 3.84. The van der Waals surface area contributed by atoms with E-state index in [0.717, 1.165) is 0 Å². The Balaban J connectivity index is 0.00000441. The Labute approximate surface area is 148 Å². The van der Waals surface area contributed by atoms with Crippen molar-refractivity contribution in [1.82, 2.24) is 5.32 Å². The molecule has 1 aromatic rings. The number of ether oxygens (including phenoxy) is 1. The molecule has 22 heavy (non-hydrogen) atoms. The van der Waals surface area contributed by atoms with E-state index in [9.17, 15) is 4.79 Å². The third-order valence-corrected chi connectivity index (χ3v) is 3.52. The molecule has 1 rings (SSSR count). The highest BCUT2D eigenvalue weighted by atomic mass is 35.5. The first kappa shape index (κ1) is 21.3. The highest BCUT2D eigenvalue weighted by Gasteiger charge is 2.26. The monoisotopic (exact) mass is 368 g/mol. The van der Waals surface area contributed by atoms with Crippen LogP contribution in [0, 0.1) is 5.41 Å². The summed E-state index contributed by atoms with van der Waals surface area (Å²) in [5.74, 6) is 0.436. The molecule has 0 unspecified atom stereocenters. The molecular formula is C15H23Cl3N2O2. The number of carbonyl (C=O) groups is 1. The van der Waals surface area contributed by atoms with E-state index in [1.165, 1.54) is 0 Å². The highest BCUT2D eigenvalue weighted by molar-refractivity contribution is 6.35. The SMILES string of the molecule is CC(C)(C)[C@H](N)C(=O)NCCCOc1ccc(Cl)cc1Cl.Cl. The van der Waals surface area contributed by atoms with Gasteiger partial charge in [-0.15, -0.1) is 12.4 Å². The van der Waals surface area contributed by atoms with Gasteiger partial charge < -0.3 is 15.8 Å². The van der Waals surface area contributed by atoms with Gasteiger partial charge in [0.1, 0.15) is 5.75 Å². The van der Waals surface area contributed by atoms with E-state index in [1.807, 2.05) is 20.8 Å². The van der Waals surface area contributed by atoms with Gasteiger partial charge in [-0.25, -0.2) is 0 Å². The van der Waals surface area contributed by atoms with Crippen molar-refractivity contribution >= 4 is 41.5 Å². The first-order valence-corrected chi connectivity index (χ1v) is 7.58. The Morgan fingerprint density at radius 3 is 2.55 bits per heavy atom. The molecule has 0 fully saturated rings. The molecule has 7 heteroatoms. The van der Waals surface area contributed by atoms with Crippen LogP contribution in [0.25, 0.3) is 0 Å². The van der Waals surface area contributed by atoms with Crippen LogP contribution >= 0.6 is 35.6 Å². The number of nitrogens with one attached hydrogen (secondary N) is 1. The van der Waals surface area contributed by atoms with Crippen LogP contribution < -0.4 is 15.8 Å². The fourth-order valence-corrected chi connectivity index (χ4v) is 2.02. The summed E-state index contributed by atoms with van der Waals surface area (Å²) in [6.45, 7) is 6.76. The van der Waals surface area contributed by atoms with Gasteiger partial charge >= 0.3 is 0 Å². The number of nitrogens with two attached hydrogens (primary N) is 1. The molecule has 0 radical (unpaired) electrons. The van der Waals surface area contributed by atoms with Crippen LogP contribution in [-0.2, 0) is 4.79 Å². The largest absolute Gasteiger partial charge is 0.492 e. The van der Waals surface area contributed by atoms with Crippen molar-refractivity contribution in [3.63, 3.8) is 0 Å². The van der Waals surface area contributed by atoms with E-state index in [4.69, 9.17) is 33.7 Å². The summed E-state index contributed by atoms with van der Waals surface area (Å²) >= 11 is 11.8. The average molecular weight is 370 g/mol. The van der Waals surface area contributed by atoms with Crippen LogP contribution in [0.3, 0.4) is 0 Å². The molecule has 0 aliphatic heterocycles. The summed E-state index contributed by atoms with van der Waals surface area (Å²) in [7, 11) is 0. The molecule has 0 aromatic heterocycles. The van der Waals surface area contributed by atoms with E-state index in [0.29, 0.717) is 35.4 Å². The number of carbonyl (C=O) groups excluding carboxylic acids is 1. The number of amides is 1. The number of benzene rings is 1. The molecule has 126 valence electrons. The van der Waals surface area contributed by atoms with E-state index < -0.39 is 6.04 Å². The molecule has 1 amide bonds. The molecule has 0 saturated carbocycles. The number of hydrogen-bond donors (Lipinski definition) is 2. The van der Waals surface area contributed by atoms with Crippen LogP contribution in [0.1, 0.15) is 27.2 Å². The summed E-state index contributed by atoms with van der Waals surface area (Å²) in [4.78, 5) is 11.8. The van der Waals surface area contributed by atoms with E-state index in [2.05, 4.69) is 5.32 Å². The summed E-state index contributed by atoms with van der Waals surface area (Å²) in [6.07, 6.45) is 0.668. The Morgan fingerprint density at radius 2 is 2.00 bits per heavy atom. The molecule has 0 bridgehead atoms. The minimum Gasteiger partial charge on any atom is -0.492 e. The molecule has 0 spiro atoms. The first-order valence-electron chi connectivity index (χ1n) is 6.83. The van der Waals surface area contributed by atoms with Gasteiger partial charge in [0.15, 0.2) is 0 Å². The second-order valence-corrected chi connectivity index (χ2v) is 6.76. The van der Waals surface area contributed by atoms with Gasteiger partial charge in [0, 0.05) is 11.6 Å². The zero-order valence-electron chi connectivity index (χ0n) is 13.0. The lowest BCUT2D eigenvalue weighted by atomic mass is 9.87. The normalized spacial score (nSPS) is 12.3. The molecule has 0 saturated heterocycles. The zero-order valence-corrected chi connectivity index (χ0v) is 15.3. The molecule has 4 nitrogen and oxygen atoms in total. The molecule has 3 N–H and O–H groups in total. The fourth-order valence-electron chi connectivity index (χ4n) is 1.56. The van der Waals surface area contributed by atoms with Crippen molar-refractivity contribution in [1.29, 1.82) is 0 Å². The Bertz CT molecular complexity index is 490. The van der Waals surface area contributed by atoms with Crippen molar-refractivity contribution in [3.05, 3.63) is 28.2 Å².